The third kappa shape index (κ3) is 7.12. The number of hydrogen-bond acceptors (Lipinski definition) is 5. The second-order valence-corrected chi connectivity index (χ2v) is 6.21. The smallest absolute Gasteiger partial charge is 0.333 e. The van der Waals surface area contributed by atoms with Crippen molar-refractivity contribution in [1.82, 2.24) is 0 Å². The van der Waals surface area contributed by atoms with Crippen LogP contribution in [0.4, 0.5) is 0 Å². The van der Waals surface area contributed by atoms with E-state index in [4.69, 9.17) is 8.92 Å². The molecule has 6 heteroatoms. The van der Waals surface area contributed by atoms with Crippen molar-refractivity contribution in [2.75, 3.05) is 12.4 Å². The zero-order chi connectivity index (χ0) is 13.7. The van der Waals surface area contributed by atoms with Crippen molar-refractivity contribution in [1.29, 1.82) is 0 Å². The van der Waals surface area contributed by atoms with Crippen LogP contribution in [0.1, 0.15) is 34.1 Å². The molecule has 0 heterocycles. The van der Waals surface area contributed by atoms with Crippen molar-refractivity contribution in [3.63, 3.8) is 0 Å². The Morgan fingerprint density at radius 3 is 2.29 bits per heavy atom. The van der Waals surface area contributed by atoms with Crippen molar-refractivity contribution >= 4 is 16.1 Å². The SMILES string of the molecule is C=C(C)C(=O)OC(C)(C)COS(=O)(=O)CCC. The maximum Gasteiger partial charge on any atom is 0.333 e. The van der Waals surface area contributed by atoms with Crippen LogP contribution in [-0.2, 0) is 23.8 Å². The van der Waals surface area contributed by atoms with Crippen molar-refractivity contribution in [3.05, 3.63) is 12.2 Å². The molecular weight excluding hydrogens is 244 g/mol. The minimum atomic E-state index is -3.53. The molecule has 0 rings (SSSR count). The fraction of sp³-hybridized carbons (Fsp3) is 0.727. The summed E-state index contributed by atoms with van der Waals surface area (Å²) in [5.74, 6) is -0.608. The highest BCUT2D eigenvalue weighted by Crippen LogP contribution is 2.14. The minimum absolute atomic E-state index is 0.0441. The summed E-state index contributed by atoms with van der Waals surface area (Å²) in [5.41, 5.74) is -0.744. The monoisotopic (exact) mass is 264 g/mol. The van der Waals surface area contributed by atoms with Gasteiger partial charge in [0, 0.05) is 5.57 Å². The fourth-order valence-corrected chi connectivity index (χ4v) is 1.99. The normalized spacial score (nSPS) is 12.2. The standard InChI is InChI=1S/C11H20O5S/c1-6-7-17(13,14)15-8-11(4,5)16-10(12)9(2)3/h2,6-8H2,1,3-5H3. The summed E-state index contributed by atoms with van der Waals surface area (Å²) < 4.78 is 32.5. The largest absolute Gasteiger partial charge is 0.454 e. The maximum absolute atomic E-state index is 11.3. The first-order valence-electron chi connectivity index (χ1n) is 5.35. The van der Waals surface area contributed by atoms with Crippen LogP contribution in [0.5, 0.6) is 0 Å². The zero-order valence-corrected chi connectivity index (χ0v) is 11.6. The lowest BCUT2D eigenvalue weighted by molar-refractivity contribution is -0.154. The van der Waals surface area contributed by atoms with Gasteiger partial charge in [0.1, 0.15) is 12.2 Å². The number of rotatable bonds is 7. The Balaban J connectivity index is 4.37. The first kappa shape index (κ1) is 16.1. The highest BCUT2D eigenvalue weighted by molar-refractivity contribution is 7.86. The van der Waals surface area contributed by atoms with Crippen molar-refractivity contribution in [3.8, 4) is 0 Å². The van der Waals surface area contributed by atoms with Crippen LogP contribution in [0, 0.1) is 0 Å². The number of hydrogen-bond donors (Lipinski definition) is 0. The molecule has 100 valence electrons. The van der Waals surface area contributed by atoms with E-state index < -0.39 is 21.7 Å². The summed E-state index contributed by atoms with van der Waals surface area (Å²) in [6.07, 6.45) is 0.480. The van der Waals surface area contributed by atoms with Gasteiger partial charge in [0.15, 0.2) is 0 Å². The zero-order valence-electron chi connectivity index (χ0n) is 10.8. The van der Waals surface area contributed by atoms with Crippen LogP contribution in [-0.4, -0.2) is 32.3 Å². The Morgan fingerprint density at radius 1 is 1.35 bits per heavy atom. The average Bonchev–Trinajstić information content (AvgIpc) is 2.14. The minimum Gasteiger partial charge on any atom is -0.454 e. The molecule has 0 saturated carbocycles. The Labute approximate surface area is 103 Å². The lowest BCUT2D eigenvalue weighted by Crippen LogP contribution is -2.35. The summed E-state index contributed by atoms with van der Waals surface area (Å²) in [4.78, 5) is 11.3. The van der Waals surface area contributed by atoms with Gasteiger partial charge in [0.05, 0.1) is 5.75 Å². The van der Waals surface area contributed by atoms with Crippen LogP contribution in [0.3, 0.4) is 0 Å². The summed E-state index contributed by atoms with van der Waals surface area (Å²) in [6.45, 7) is 9.67. The van der Waals surface area contributed by atoms with Crippen LogP contribution in [0.2, 0.25) is 0 Å². The topological polar surface area (TPSA) is 69.7 Å². The van der Waals surface area contributed by atoms with Gasteiger partial charge in [0.2, 0.25) is 0 Å². The molecular formula is C11H20O5S. The molecule has 17 heavy (non-hydrogen) atoms. The van der Waals surface area contributed by atoms with E-state index in [1.165, 1.54) is 6.92 Å². The van der Waals surface area contributed by atoms with Gasteiger partial charge in [-0.15, -0.1) is 0 Å². The molecule has 0 radical (unpaired) electrons. The molecule has 0 amide bonds. The van der Waals surface area contributed by atoms with E-state index in [2.05, 4.69) is 6.58 Å². The number of ether oxygens (including phenoxy) is 1. The molecule has 0 aromatic heterocycles. The highest BCUT2D eigenvalue weighted by atomic mass is 32.2. The molecule has 0 unspecified atom stereocenters. The maximum atomic E-state index is 11.3. The van der Waals surface area contributed by atoms with Crippen molar-refractivity contribution < 1.29 is 22.1 Å². The predicted octanol–water partition coefficient (Wildman–Crippen LogP) is 1.64. The van der Waals surface area contributed by atoms with E-state index in [1.807, 2.05) is 0 Å². The van der Waals surface area contributed by atoms with Gasteiger partial charge in [0.25, 0.3) is 10.1 Å². The quantitative estimate of drug-likeness (QED) is 0.397. The molecule has 0 atom stereocenters. The molecule has 5 nitrogen and oxygen atoms in total. The summed E-state index contributed by atoms with van der Waals surface area (Å²) in [7, 11) is -3.53. The lowest BCUT2D eigenvalue weighted by atomic mass is 10.1. The van der Waals surface area contributed by atoms with Gasteiger partial charge in [-0.1, -0.05) is 13.5 Å². The van der Waals surface area contributed by atoms with E-state index in [0.29, 0.717) is 6.42 Å². The molecule has 0 fully saturated rings. The Morgan fingerprint density at radius 2 is 1.88 bits per heavy atom. The molecule has 0 aliphatic carbocycles. The number of esters is 1. The molecule has 0 aliphatic heterocycles. The van der Waals surface area contributed by atoms with Crippen LogP contribution in [0.15, 0.2) is 12.2 Å². The van der Waals surface area contributed by atoms with Crippen molar-refractivity contribution in [2.45, 2.75) is 39.7 Å². The third-order valence-corrected chi connectivity index (χ3v) is 3.14. The fourth-order valence-electron chi connectivity index (χ4n) is 0.908. The van der Waals surface area contributed by atoms with E-state index in [0.717, 1.165) is 0 Å². The van der Waals surface area contributed by atoms with Gasteiger partial charge in [-0.2, -0.15) is 8.42 Å². The highest BCUT2D eigenvalue weighted by Gasteiger charge is 2.26. The van der Waals surface area contributed by atoms with Gasteiger partial charge in [-0.25, -0.2) is 4.79 Å². The number of carbonyl (C=O) groups excluding carboxylic acids is 1. The second-order valence-electron chi connectivity index (χ2n) is 4.45. The Bertz CT molecular complexity index is 381. The molecule has 0 aromatic rings. The van der Waals surface area contributed by atoms with Gasteiger partial charge in [-0.3, -0.25) is 4.18 Å². The van der Waals surface area contributed by atoms with Crippen LogP contribution in [0.25, 0.3) is 0 Å². The first-order valence-corrected chi connectivity index (χ1v) is 6.93. The van der Waals surface area contributed by atoms with Crippen LogP contribution >= 0.6 is 0 Å². The van der Waals surface area contributed by atoms with E-state index in [1.54, 1.807) is 20.8 Å². The average molecular weight is 264 g/mol. The Kier molecular flexibility index (Phi) is 5.84. The molecule has 0 bridgehead atoms. The molecule has 0 aliphatic rings. The predicted molar refractivity (Wildman–Crippen MR) is 65.0 cm³/mol. The van der Waals surface area contributed by atoms with Gasteiger partial charge in [-0.05, 0) is 27.2 Å². The Hall–Kier alpha value is -0.880. The second kappa shape index (κ2) is 6.16. The molecule has 0 saturated heterocycles. The molecule has 0 N–H and O–H groups in total. The van der Waals surface area contributed by atoms with E-state index in [-0.39, 0.29) is 17.9 Å². The lowest BCUT2D eigenvalue weighted by Gasteiger charge is -2.24. The summed E-state index contributed by atoms with van der Waals surface area (Å²) in [5, 5.41) is 0. The molecule has 0 spiro atoms. The number of carbonyl (C=O) groups is 1. The van der Waals surface area contributed by atoms with Gasteiger partial charge >= 0.3 is 5.97 Å². The van der Waals surface area contributed by atoms with E-state index >= 15 is 0 Å². The van der Waals surface area contributed by atoms with E-state index in [9.17, 15) is 13.2 Å². The third-order valence-electron chi connectivity index (χ3n) is 1.76. The van der Waals surface area contributed by atoms with Crippen LogP contribution < -0.4 is 0 Å². The van der Waals surface area contributed by atoms with Crippen molar-refractivity contribution in [2.24, 2.45) is 0 Å². The summed E-state index contributed by atoms with van der Waals surface area (Å²) in [6, 6.07) is 0. The molecule has 0 aromatic carbocycles. The summed E-state index contributed by atoms with van der Waals surface area (Å²) >= 11 is 0. The van der Waals surface area contributed by atoms with Gasteiger partial charge < -0.3 is 4.74 Å². The first-order chi connectivity index (χ1) is 7.59.